The lowest BCUT2D eigenvalue weighted by atomic mass is 9.52. The van der Waals surface area contributed by atoms with E-state index < -0.39 is 35.6 Å². The number of benzene rings is 4. The van der Waals surface area contributed by atoms with Gasteiger partial charge in [0, 0.05) is 27.8 Å². The van der Waals surface area contributed by atoms with E-state index in [-0.39, 0.29) is 12.5 Å². The van der Waals surface area contributed by atoms with E-state index in [4.69, 9.17) is 27.9 Å². The summed E-state index contributed by atoms with van der Waals surface area (Å²) in [6.07, 6.45) is 0. The van der Waals surface area contributed by atoms with Crippen molar-refractivity contribution in [1.29, 1.82) is 0 Å². The van der Waals surface area contributed by atoms with Gasteiger partial charge in [-0.15, -0.1) is 0 Å². The summed E-state index contributed by atoms with van der Waals surface area (Å²) < 4.78 is 6.04. The van der Waals surface area contributed by atoms with E-state index in [0.717, 1.165) is 22.3 Å². The zero-order valence-electron chi connectivity index (χ0n) is 20.3. The van der Waals surface area contributed by atoms with Gasteiger partial charge in [-0.05, 0) is 45.5 Å². The van der Waals surface area contributed by atoms with E-state index in [1.807, 2.05) is 24.3 Å². The molecule has 38 heavy (non-hydrogen) atoms. The van der Waals surface area contributed by atoms with Gasteiger partial charge in [0.25, 0.3) is 0 Å². The van der Waals surface area contributed by atoms with Crippen LogP contribution in [0.5, 0.6) is 0 Å². The molecule has 0 aromatic heterocycles. The average molecular weight is 543 g/mol. The lowest BCUT2D eigenvalue weighted by molar-refractivity contribution is -0.164. The summed E-state index contributed by atoms with van der Waals surface area (Å²) in [7, 11) is 0. The van der Waals surface area contributed by atoms with Crippen molar-refractivity contribution >= 4 is 35.1 Å². The van der Waals surface area contributed by atoms with Crippen LogP contribution in [0.1, 0.15) is 40.0 Å². The SMILES string of the molecule is O=C(O)[C@H]1[C@H](c2ccccc2Cl)[C@H](C(=O)OCC2c3ccccc3-c3ccccc32)[C@H]1c1ccccc1Cl. The summed E-state index contributed by atoms with van der Waals surface area (Å²) >= 11 is 13.0. The van der Waals surface area contributed by atoms with Crippen LogP contribution in [0.2, 0.25) is 10.0 Å². The molecule has 1 N–H and O–H groups in total. The normalized spacial score (nSPS) is 21.7. The number of rotatable bonds is 6. The van der Waals surface area contributed by atoms with E-state index in [2.05, 4.69) is 24.3 Å². The third-order valence-electron chi connectivity index (χ3n) is 7.99. The van der Waals surface area contributed by atoms with Crippen molar-refractivity contribution in [3.05, 3.63) is 129 Å². The second-order valence-electron chi connectivity index (χ2n) is 9.84. The Balaban J connectivity index is 1.35. The van der Waals surface area contributed by atoms with Crippen molar-refractivity contribution in [1.82, 2.24) is 0 Å². The first-order valence-corrected chi connectivity index (χ1v) is 13.3. The minimum Gasteiger partial charge on any atom is -0.481 e. The zero-order valence-corrected chi connectivity index (χ0v) is 21.8. The molecule has 2 aliphatic rings. The molecule has 6 heteroatoms. The lowest BCUT2D eigenvalue weighted by Crippen LogP contribution is -2.51. The molecule has 0 amide bonds. The van der Waals surface area contributed by atoms with Gasteiger partial charge in [-0.2, -0.15) is 0 Å². The smallest absolute Gasteiger partial charge is 0.310 e. The molecule has 0 unspecified atom stereocenters. The van der Waals surface area contributed by atoms with Crippen molar-refractivity contribution in [3.8, 4) is 11.1 Å². The molecule has 0 saturated heterocycles. The van der Waals surface area contributed by atoms with E-state index in [1.165, 1.54) is 0 Å². The van der Waals surface area contributed by atoms with Crippen molar-refractivity contribution in [2.75, 3.05) is 6.61 Å². The number of hydrogen-bond acceptors (Lipinski definition) is 3. The second-order valence-corrected chi connectivity index (χ2v) is 10.7. The van der Waals surface area contributed by atoms with Crippen LogP contribution in [-0.4, -0.2) is 23.7 Å². The summed E-state index contributed by atoms with van der Waals surface area (Å²) in [4.78, 5) is 26.4. The maximum absolute atomic E-state index is 13.9. The predicted molar refractivity (Wildman–Crippen MR) is 148 cm³/mol. The molecule has 1 fully saturated rings. The molecule has 1 saturated carbocycles. The topological polar surface area (TPSA) is 63.6 Å². The van der Waals surface area contributed by atoms with Crippen molar-refractivity contribution in [3.63, 3.8) is 0 Å². The van der Waals surface area contributed by atoms with Gasteiger partial charge in [0.15, 0.2) is 0 Å². The predicted octanol–water partition coefficient (Wildman–Crippen LogP) is 7.55. The minimum atomic E-state index is -0.998. The van der Waals surface area contributed by atoms with Crippen LogP contribution in [0.25, 0.3) is 11.1 Å². The first kappa shape index (κ1) is 24.7. The highest BCUT2D eigenvalue weighted by molar-refractivity contribution is 6.32. The molecule has 4 nitrogen and oxygen atoms in total. The van der Waals surface area contributed by atoms with Gasteiger partial charge in [-0.3, -0.25) is 9.59 Å². The molecule has 190 valence electrons. The molecular weight excluding hydrogens is 519 g/mol. The van der Waals surface area contributed by atoms with Crippen molar-refractivity contribution < 1.29 is 19.4 Å². The Labute approximate surface area is 230 Å². The Bertz CT molecular complexity index is 1450. The highest BCUT2D eigenvalue weighted by Crippen LogP contribution is 2.60. The van der Waals surface area contributed by atoms with Crippen molar-refractivity contribution in [2.45, 2.75) is 17.8 Å². The molecule has 0 heterocycles. The number of halogens is 2. The van der Waals surface area contributed by atoms with Gasteiger partial charge < -0.3 is 9.84 Å². The number of carbonyl (C=O) groups excluding carboxylic acids is 1. The van der Waals surface area contributed by atoms with Crippen LogP contribution in [0, 0.1) is 11.8 Å². The summed E-state index contributed by atoms with van der Waals surface area (Å²) in [6, 6.07) is 30.5. The third-order valence-corrected chi connectivity index (χ3v) is 8.68. The summed E-state index contributed by atoms with van der Waals surface area (Å²) in [6.45, 7) is 0.158. The van der Waals surface area contributed by atoms with Gasteiger partial charge in [-0.25, -0.2) is 0 Å². The second kappa shape index (κ2) is 9.94. The highest BCUT2D eigenvalue weighted by atomic mass is 35.5. The fraction of sp³-hybridized carbons (Fsp3) is 0.188. The molecule has 0 spiro atoms. The molecule has 2 atom stereocenters. The minimum absolute atomic E-state index is 0.0979. The first-order chi connectivity index (χ1) is 18.5. The molecule has 4 aromatic carbocycles. The molecule has 0 radical (unpaired) electrons. The summed E-state index contributed by atoms with van der Waals surface area (Å²) in [5.74, 6) is -4.44. The van der Waals surface area contributed by atoms with E-state index >= 15 is 0 Å². The Morgan fingerprint density at radius 1 is 0.632 bits per heavy atom. The van der Waals surface area contributed by atoms with Gasteiger partial charge in [0.05, 0.1) is 11.8 Å². The highest BCUT2D eigenvalue weighted by Gasteiger charge is 2.60. The lowest BCUT2D eigenvalue weighted by Gasteiger charge is -2.49. The van der Waals surface area contributed by atoms with Crippen LogP contribution in [0.15, 0.2) is 97.1 Å². The molecule has 6 rings (SSSR count). The number of aliphatic carboxylic acids is 1. The quantitative estimate of drug-likeness (QED) is 0.255. The largest absolute Gasteiger partial charge is 0.481 e. The zero-order chi connectivity index (χ0) is 26.4. The van der Waals surface area contributed by atoms with Crippen LogP contribution in [0.4, 0.5) is 0 Å². The Morgan fingerprint density at radius 3 is 1.50 bits per heavy atom. The Hall–Kier alpha value is -3.60. The number of fused-ring (bicyclic) bond motifs is 3. The number of carbonyl (C=O) groups is 2. The number of ether oxygens (including phenoxy) is 1. The third kappa shape index (κ3) is 4.00. The molecule has 0 aliphatic heterocycles. The fourth-order valence-electron chi connectivity index (χ4n) is 6.31. The average Bonchev–Trinajstić information content (AvgIpc) is 3.22. The van der Waals surface area contributed by atoms with Crippen LogP contribution < -0.4 is 0 Å². The summed E-state index contributed by atoms with van der Waals surface area (Å²) in [5.41, 5.74) is 5.77. The fourth-order valence-corrected chi connectivity index (χ4v) is 6.84. The van der Waals surface area contributed by atoms with Gasteiger partial charge >= 0.3 is 11.9 Å². The number of carboxylic acid groups (broad SMARTS) is 1. The Morgan fingerprint density at radius 2 is 1.05 bits per heavy atom. The number of carboxylic acids is 1. The molecule has 4 aromatic rings. The maximum Gasteiger partial charge on any atom is 0.310 e. The first-order valence-electron chi connectivity index (χ1n) is 12.5. The molecule has 0 bridgehead atoms. The molecule has 2 aliphatic carbocycles. The summed E-state index contributed by atoms with van der Waals surface area (Å²) in [5, 5.41) is 11.1. The Kier molecular flexibility index (Phi) is 6.46. The van der Waals surface area contributed by atoms with Crippen molar-refractivity contribution in [2.24, 2.45) is 11.8 Å². The standard InChI is InChI=1S/C32H24Cl2O4/c33-25-15-7-5-13-22(25)27-29(31(35)36)28(23-14-6-8-16-26(23)34)30(27)32(37)38-17-24-20-11-3-1-9-18(20)19-10-2-4-12-21(19)24/h1-16,24,27-30H,17H2,(H,35,36)/t27-,28-,29-,30-/m0/s1. The monoisotopic (exact) mass is 542 g/mol. The van der Waals surface area contributed by atoms with Gasteiger partial charge in [-0.1, -0.05) is 108 Å². The number of esters is 1. The van der Waals surface area contributed by atoms with E-state index in [0.29, 0.717) is 21.2 Å². The maximum atomic E-state index is 13.9. The van der Waals surface area contributed by atoms with Crippen LogP contribution in [-0.2, 0) is 14.3 Å². The van der Waals surface area contributed by atoms with Crippen LogP contribution >= 0.6 is 23.2 Å². The van der Waals surface area contributed by atoms with Crippen LogP contribution in [0.3, 0.4) is 0 Å². The molecular formula is C32H24Cl2O4. The van der Waals surface area contributed by atoms with E-state index in [1.54, 1.807) is 48.5 Å². The number of hydrogen-bond donors (Lipinski definition) is 1. The van der Waals surface area contributed by atoms with Gasteiger partial charge in [0.2, 0.25) is 0 Å². The van der Waals surface area contributed by atoms with Gasteiger partial charge in [0.1, 0.15) is 6.61 Å². The van der Waals surface area contributed by atoms with E-state index in [9.17, 15) is 14.7 Å².